The molecule has 0 saturated carbocycles. The summed E-state index contributed by atoms with van der Waals surface area (Å²) in [6.45, 7) is 7.28. The predicted molar refractivity (Wildman–Crippen MR) is 71.0 cm³/mol. The van der Waals surface area contributed by atoms with Crippen molar-refractivity contribution in [1.29, 1.82) is 0 Å². The van der Waals surface area contributed by atoms with E-state index in [1.165, 1.54) is 0 Å². The molecule has 19 heavy (non-hydrogen) atoms. The van der Waals surface area contributed by atoms with Crippen LogP contribution in [0.4, 0.5) is 4.79 Å². The van der Waals surface area contributed by atoms with Crippen LogP contribution in [0.1, 0.15) is 33.6 Å². The van der Waals surface area contributed by atoms with Crippen LogP contribution in [0.25, 0.3) is 0 Å². The number of hydrogen-bond donors (Lipinski definition) is 2. The van der Waals surface area contributed by atoms with Crippen LogP contribution in [-0.4, -0.2) is 54.4 Å². The molecule has 1 heterocycles. The fraction of sp³-hybridized carbons (Fsp3) is 0.846. The van der Waals surface area contributed by atoms with Gasteiger partial charge in [0, 0.05) is 13.1 Å². The van der Waals surface area contributed by atoms with Gasteiger partial charge in [-0.05, 0) is 20.3 Å². The monoisotopic (exact) mass is 272 g/mol. The van der Waals surface area contributed by atoms with Crippen molar-refractivity contribution in [3.05, 3.63) is 0 Å². The van der Waals surface area contributed by atoms with E-state index in [4.69, 9.17) is 4.74 Å². The molecule has 0 aromatic heterocycles. The van der Waals surface area contributed by atoms with Gasteiger partial charge in [-0.1, -0.05) is 13.3 Å². The van der Waals surface area contributed by atoms with Gasteiger partial charge in [0.05, 0.1) is 19.3 Å². The number of urea groups is 1. The third kappa shape index (κ3) is 3.59. The first kappa shape index (κ1) is 15.8. The lowest BCUT2D eigenvalue weighted by Gasteiger charge is -2.29. The number of nitrogens with one attached hydrogen (secondary N) is 1. The van der Waals surface area contributed by atoms with Crippen LogP contribution in [0.3, 0.4) is 0 Å². The highest BCUT2D eigenvalue weighted by molar-refractivity contribution is 5.79. The second kappa shape index (κ2) is 6.75. The fourth-order valence-corrected chi connectivity index (χ4v) is 2.08. The molecule has 1 saturated heterocycles. The Hall–Kier alpha value is -1.30. The highest BCUT2D eigenvalue weighted by Gasteiger charge is 2.47. The van der Waals surface area contributed by atoms with E-state index in [0.29, 0.717) is 13.1 Å². The molecule has 110 valence electrons. The predicted octanol–water partition coefficient (Wildman–Crippen LogP) is 1.31. The summed E-state index contributed by atoms with van der Waals surface area (Å²) in [7, 11) is 0. The van der Waals surface area contributed by atoms with Crippen LogP contribution < -0.4 is 5.32 Å². The Morgan fingerprint density at radius 3 is 2.68 bits per heavy atom. The number of unbranched alkanes of at least 4 members (excludes halogenated alkanes) is 1. The molecule has 2 N–H and O–H groups in total. The van der Waals surface area contributed by atoms with E-state index in [9.17, 15) is 14.7 Å². The largest absolute Gasteiger partial charge is 0.481 e. The molecule has 0 aromatic rings. The fourth-order valence-electron chi connectivity index (χ4n) is 2.08. The van der Waals surface area contributed by atoms with Crippen LogP contribution in [0.2, 0.25) is 0 Å². The van der Waals surface area contributed by atoms with E-state index in [2.05, 4.69) is 12.2 Å². The van der Waals surface area contributed by atoms with Crippen LogP contribution in [0.5, 0.6) is 0 Å². The molecule has 6 heteroatoms. The summed E-state index contributed by atoms with van der Waals surface area (Å²) in [6, 6.07) is -0.688. The van der Waals surface area contributed by atoms with Gasteiger partial charge in [0.25, 0.3) is 0 Å². The van der Waals surface area contributed by atoms with Crippen molar-refractivity contribution >= 4 is 12.0 Å². The topological polar surface area (TPSA) is 78.9 Å². The Balaban J connectivity index is 2.62. The van der Waals surface area contributed by atoms with Crippen molar-refractivity contribution in [3.8, 4) is 0 Å². The summed E-state index contributed by atoms with van der Waals surface area (Å²) < 4.78 is 5.22. The van der Waals surface area contributed by atoms with Crippen molar-refractivity contribution in [3.63, 3.8) is 0 Å². The van der Waals surface area contributed by atoms with Crippen molar-refractivity contribution < 1.29 is 19.4 Å². The molecule has 2 atom stereocenters. The zero-order valence-electron chi connectivity index (χ0n) is 11.9. The van der Waals surface area contributed by atoms with Crippen LogP contribution in [0, 0.1) is 5.41 Å². The zero-order chi connectivity index (χ0) is 14.5. The van der Waals surface area contributed by atoms with Gasteiger partial charge in [0.1, 0.15) is 5.41 Å². The Bertz CT molecular complexity index is 335. The first-order chi connectivity index (χ1) is 8.95. The van der Waals surface area contributed by atoms with Crippen molar-refractivity contribution in [2.75, 3.05) is 26.3 Å². The molecule has 2 unspecified atom stereocenters. The average molecular weight is 272 g/mol. The number of aliphatic carboxylic acids is 1. The van der Waals surface area contributed by atoms with Crippen molar-refractivity contribution in [2.24, 2.45) is 5.41 Å². The number of rotatable bonds is 6. The highest BCUT2D eigenvalue weighted by Crippen LogP contribution is 2.28. The Kier molecular flexibility index (Phi) is 5.60. The molecule has 6 nitrogen and oxygen atoms in total. The van der Waals surface area contributed by atoms with E-state index in [0.717, 1.165) is 12.8 Å². The highest BCUT2D eigenvalue weighted by atomic mass is 16.5. The minimum atomic E-state index is -1.04. The normalized spacial score (nSPS) is 26.2. The van der Waals surface area contributed by atoms with Gasteiger partial charge >= 0.3 is 12.0 Å². The number of carboxylic acids is 1. The van der Waals surface area contributed by atoms with Gasteiger partial charge in [0.15, 0.2) is 0 Å². The molecular formula is C13H24N2O4. The molecule has 0 radical (unpaired) electrons. The van der Waals surface area contributed by atoms with E-state index in [1.807, 2.05) is 6.92 Å². The summed E-state index contributed by atoms with van der Waals surface area (Å²) in [5, 5.41) is 12.0. The minimum Gasteiger partial charge on any atom is -0.481 e. The minimum absolute atomic E-state index is 0.133. The maximum atomic E-state index is 12.1. The van der Waals surface area contributed by atoms with E-state index < -0.39 is 17.4 Å². The quantitative estimate of drug-likeness (QED) is 0.764. The lowest BCUT2D eigenvalue weighted by molar-refractivity contribution is -0.148. The Morgan fingerprint density at radius 1 is 1.47 bits per heavy atom. The number of ether oxygens (including phenoxy) is 1. The van der Waals surface area contributed by atoms with E-state index in [-0.39, 0.29) is 19.2 Å². The van der Waals surface area contributed by atoms with Gasteiger partial charge in [-0.2, -0.15) is 0 Å². The number of carboxylic acid groups (broad SMARTS) is 1. The summed E-state index contributed by atoms with van der Waals surface area (Å²) in [6.07, 6.45) is 1.96. The summed E-state index contributed by atoms with van der Waals surface area (Å²) in [5.74, 6) is -0.938. The van der Waals surface area contributed by atoms with Crippen molar-refractivity contribution in [2.45, 2.75) is 39.7 Å². The average Bonchev–Trinajstić information content (AvgIpc) is 2.73. The number of carbonyl (C=O) groups is 2. The standard InChI is InChI=1S/C13H24N2O4/c1-4-6-7-15(5-2)12(18)14-10-8-19-9-13(10,3)11(16)17/h10H,4-9H2,1-3H3,(H,14,18)(H,16,17). The number of amides is 2. The number of hydrogen-bond acceptors (Lipinski definition) is 3. The molecule has 2 amide bonds. The van der Waals surface area contributed by atoms with Gasteiger partial charge in [-0.25, -0.2) is 4.79 Å². The third-order valence-electron chi connectivity index (χ3n) is 3.69. The lowest BCUT2D eigenvalue weighted by atomic mass is 9.85. The molecule has 0 aromatic carbocycles. The number of nitrogens with zero attached hydrogens (tertiary/aromatic N) is 1. The Morgan fingerprint density at radius 2 is 2.16 bits per heavy atom. The second-order valence-electron chi connectivity index (χ2n) is 5.17. The molecule has 0 spiro atoms. The first-order valence-electron chi connectivity index (χ1n) is 6.82. The summed E-state index contributed by atoms with van der Waals surface area (Å²) in [5.41, 5.74) is -1.04. The molecular weight excluding hydrogens is 248 g/mol. The molecule has 1 aliphatic heterocycles. The summed E-state index contributed by atoms with van der Waals surface area (Å²) >= 11 is 0. The molecule has 1 aliphatic rings. The third-order valence-corrected chi connectivity index (χ3v) is 3.69. The van der Waals surface area contributed by atoms with Crippen molar-refractivity contribution in [1.82, 2.24) is 10.2 Å². The van der Waals surface area contributed by atoms with Gasteiger partial charge in [-0.3, -0.25) is 4.79 Å². The van der Waals surface area contributed by atoms with E-state index in [1.54, 1.807) is 11.8 Å². The maximum Gasteiger partial charge on any atom is 0.317 e. The lowest BCUT2D eigenvalue weighted by Crippen LogP contribution is -2.53. The SMILES string of the molecule is CCCCN(CC)C(=O)NC1COCC1(C)C(=O)O. The van der Waals surface area contributed by atoms with Gasteiger partial charge in [-0.15, -0.1) is 0 Å². The number of carbonyl (C=O) groups excluding carboxylic acids is 1. The Labute approximate surface area is 114 Å². The van der Waals surface area contributed by atoms with Crippen LogP contribution in [-0.2, 0) is 9.53 Å². The molecule has 0 bridgehead atoms. The van der Waals surface area contributed by atoms with Gasteiger partial charge in [0.2, 0.25) is 0 Å². The molecule has 1 fully saturated rings. The van der Waals surface area contributed by atoms with E-state index >= 15 is 0 Å². The smallest absolute Gasteiger partial charge is 0.317 e. The van der Waals surface area contributed by atoms with Crippen LogP contribution in [0.15, 0.2) is 0 Å². The molecule has 1 rings (SSSR count). The maximum absolute atomic E-state index is 12.1. The second-order valence-corrected chi connectivity index (χ2v) is 5.17. The molecule has 0 aliphatic carbocycles. The first-order valence-corrected chi connectivity index (χ1v) is 6.82. The van der Waals surface area contributed by atoms with Gasteiger partial charge < -0.3 is 20.1 Å². The summed E-state index contributed by atoms with van der Waals surface area (Å²) in [4.78, 5) is 25.1. The zero-order valence-corrected chi connectivity index (χ0v) is 11.9. The van der Waals surface area contributed by atoms with Crippen LogP contribution >= 0.6 is 0 Å².